The summed E-state index contributed by atoms with van der Waals surface area (Å²) in [4.78, 5) is 0. The van der Waals surface area contributed by atoms with Crippen LogP contribution in [-0.4, -0.2) is 0 Å². The number of benzene rings is 3. The molecule has 6 heteroatoms. The van der Waals surface area contributed by atoms with Gasteiger partial charge in [-0.15, -0.1) is 0 Å². The molecule has 0 bridgehead atoms. The van der Waals surface area contributed by atoms with Crippen molar-refractivity contribution < 1.29 is 9.13 Å². The van der Waals surface area contributed by atoms with Gasteiger partial charge in [0, 0.05) is 27.3 Å². The van der Waals surface area contributed by atoms with Gasteiger partial charge < -0.3 is 10.1 Å². The van der Waals surface area contributed by atoms with Crippen molar-refractivity contribution in [3.63, 3.8) is 0 Å². The molecule has 0 aliphatic heterocycles. The summed E-state index contributed by atoms with van der Waals surface area (Å²) in [5.41, 5.74) is 3.97. The van der Waals surface area contributed by atoms with Crippen molar-refractivity contribution in [3.8, 4) is 5.75 Å². The summed E-state index contributed by atoms with van der Waals surface area (Å²) in [6, 6.07) is 16.0. The van der Waals surface area contributed by atoms with Crippen LogP contribution in [0.5, 0.6) is 5.75 Å². The van der Waals surface area contributed by atoms with Gasteiger partial charge >= 0.3 is 0 Å². The maximum atomic E-state index is 13.1. The fourth-order valence-electron chi connectivity index (χ4n) is 2.62. The van der Waals surface area contributed by atoms with Gasteiger partial charge in [-0.05, 0) is 70.4 Å². The molecule has 0 aliphatic carbocycles. The van der Waals surface area contributed by atoms with Gasteiger partial charge in [-0.25, -0.2) is 4.39 Å². The topological polar surface area (TPSA) is 21.3 Å². The molecule has 0 heterocycles. The summed E-state index contributed by atoms with van der Waals surface area (Å²) in [5.74, 6) is 0.486. The van der Waals surface area contributed by atoms with Crippen molar-refractivity contribution in [2.75, 3.05) is 5.32 Å². The first-order valence-electron chi connectivity index (χ1n) is 8.27. The molecule has 3 aromatic carbocycles. The lowest BCUT2D eigenvalue weighted by molar-refractivity contribution is 0.301. The van der Waals surface area contributed by atoms with Gasteiger partial charge in [-0.1, -0.05) is 45.7 Å². The molecule has 2 nitrogen and oxygen atoms in total. The Morgan fingerprint density at radius 3 is 2.52 bits per heavy atom. The van der Waals surface area contributed by atoms with E-state index in [0.29, 0.717) is 18.2 Å². The first-order valence-corrected chi connectivity index (χ1v) is 10.2. The SMILES string of the molecule is Cc1ccc(Cl)cc1NCc1cc(Br)cc(Br)c1OCc1ccc(F)cc1. The second kappa shape index (κ2) is 9.09. The fourth-order valence-corrected chi connectivity index (χ4v) is 4.22. The molecule has 140 valence electrons. The third-order valence-electron chi connectivity index (χ3n) is 4.05. The predicted octanol–water partition coefficient (Wildman–Crippen LogP) is 7.50. The zero-order chi connectivity index (χ0) is 19.4. The van der Waals surface area contributed by atoms with Gasteiger partial charge in [0.15, 0.2) is 0 Å². The third kappa shape index (κ3) is 5.47. The van der Waals surface area contributed by atoms with Crippen molar-refractivity contribution in [1.82, 2.24) is 0 Å². The average molecular weight is 514 g/mol. The highest BCUT2D eigenvalue weighted by Crippen LogP contribution is 2.34. The summed E-state index contributed by atoms with van der Waals surface area (Å²) >= 11 is 13.2. The Morgan fingerprint density at radius 1 is 1.04 bits per heavy atom. The Labute approximate surface area is 180 Å². The Bertz CT molecular complexity index is 948. The first kappa shape index (κ1) is 20.2. The van der Waals surface area contributed by atoms with E-state index in [1.54, 1.807) is 12.1 Å². The van der Waals surface area contributed by atoms with Crippen molar-refractivity contribution in [2.24, 2.45) is 0 Å². The van der Waals surface area contributed by atoms with Crippen LogP contribution >= 0.6 is 43.5 Å². The van der Waals surface area contributed by atoms with E-state index in [1.807, 2.05) is 37.3 Å². The molecule has 0 radical (unpaired) electrons. The number of halogens is 4. The Balaban J connectivity index is 1.79. The van der Waals surface area contributed by atoms with E-state index in [-0.39, 0.29) is 5.82 Å². The predicted molar refractivity (Wildman–Crippen MR) is 116 cm³/mol. The van der Waals surface area contributed by atoms with Crippen LogP contribution in [0.4, 0.5) is 10.1 Å². The summed E-state index contributed by atoms with van der Waals surface area (Å²) in [5, 5.41) is 4.10. The van der Waals surface area contributed by atoms with E-state index < -0.39 is 0 Å². The maximum absolute atomic E-state index is 13.1. The smallest absolute Gasteiger partial charge is 0.139 e. The number of ether oxygens (including phenoxy) is 1. The van der Waals surface area contributed by atoms with Gasteiger partial charge in [-0.3, -0.25) is 0 Å². The van der Waals surface area contributed by atoms with Crippen LogP contribution in [0.25, 0.3) is 0 Å². The van der Waals surface area contributed by atoms with E-state index in [9.17, 15) is 4.39 Å². The summed E-state index contributed by atoms with van der Waals surface area (Å²) in [6.45, 7) is 2.95. The molecular weight excluding hydrogens is 496 g/mol. The number of nitrogens with one attached hydrogen (secondary N) is 1. The van der Waals surface area contributed by atoms with Crippen molar-refractivity contribution >= 4 is 49.1 Å². The zero-order valence-electron chi connectivity index (χ0n) is 14.5. The minimum atomic E-state index is -0.259. The summed E-state index contributed by atoms with van der Waals surface area (Å²) < 4.78 is 20.9. The van der Waals surface area contributed by atoms with Crippen LogP contribution in [0.1, 0.15) is 16.7 Å². The standard InChI is InChI=1S/C21H17Br2ClFNO/c1-13-2-5-17(24)10-20(13)26-11-15-8-16(22)9-19(23)21(15)27-12-14-3-6-18(25)7-4-14/h2-10,26H,11-12H2,1H3. The Hall–Kier alpha value is -1.56. The highest BCUT2D eigenvalue weighted by atomic mass is 79.9. The highest BCUT2D eigenvalue weighted by molar-refractivity contribution is 9.11. The molecule has 0 aliphatic rings. The molecule has 0 saturated carbocycles. The molecule has 3 aromatic rings. The lowest BCUT2D eigenvalue weighted by Gasteiger charge is -2.16. The van der Waals surface area contributed by atoms with E-state index in [0.717, 1.165) is 37.1 Å². The molecule has 0 saturated heterocycles. The van der Waals surface area contributed by atoms with Crippen LogP contribution in [0.15, 0.2) is 63.5 Å². The largest absolute Gasteiger partial charge is 0.487 e. The average Bonchev–Trinajstić information content (AvgIpc) is 2.63. The van der Waals surface area contributed by atoms with Gasteiger partial charge in [0.25, 0.3) is 0 Å². The van der Waals surface area contributed by atoms with Gasteiger partial charge in [-0.2, -0.15) is 0 Å². The lowest BCUT2D eigenvalue weighted by atomic mass is 10.1. The van der Waals surface area contributed by atoms with E-state index in [2.05, 4.69) is 37.2 Å². The number of hydrogen-bond acceptors (Lipinski definition) is 2. The van der Waals surface area contributed by atoms with E-state index >= 15 is 0 Å². The van der Waals surface area contributed by atoms with Crippen molar-refractivity contribution in [1.29, 1.82) is 0 Å². The van der Waals surface area contributed by atoms with Gasteiger partial charge in [0.1, 0.15) is 18.2 Å². The fraction of sp³-hybridized carbons (Fsp3) is 0.143. The molecule has 0 fully saturated rings. The monoisotopic (exact) mass is 511 g/mol. The van der Waals surface area contributed by atoms with Crippen molar-refractivity contribution in [3.05, 3.63) is 91.1 Å². The number of aryl methyl sites for hydroxylation is 1. The molecule has 27 heavy (non-hydrogen) atoms. The normalized spacial score (nSPS) is 10.7. The lowest BCUT2D eigenvalue weighted by Crippen LogP contribution is -2.05. The van der Waals surface area contributed by atoms with Gasteiger partial charge in [0.05, 0.1) is 4.47 Å². The van der Waals surface area contributed by atoms with E-state index in [1.165, 1.54) is 12.1 Å². The molecule has 3 rings (SSSR count). The third-order valence-corrected chi connectivity index (χ3v) is 5.33. The second-order valence-corrected chi connectivity index (χ2v) is 8.31. The number of rotatable bonds is 6. The van der Waals surface area contributed by atoms with Gasteiger partial charge in [0.2, 0.25) is 0 Å². The van der Waals surface area contributed by atoms with E-state index in [4.69, 9.17) is 16.3 Å². The molecule has 0 spiro atoms. The van der Waals surface area contributed by atoms with Crippen LogP contribution in [0, 0.1) is 12.7 Å². The summed E-state index contributed by atoms with van der Waals surface area (Å²) in [6.07, 6.45) is 0. The van der Waals surface area contributed by atoms with Crippen molar-refractivity contribution in [2.45, 2.75) is 20.1 Å². The zero-order valence-corrected chi connectivity index (χ0v) is 18.5. The number of hydrogen-bond donors (Lipinski definition) is 1. The summed E-state index contributed by atoms with van der Waals surface area (Å²) in [7, 11) is 0. The molecular formula is C21H17Br2ClFNO. The molecule has 1 N–H and O–H groups in total. The quantitative estimate of drug-likeness (QED) is 0.368. The Kier molecular flexibility index (Phi) is 6.79. The molecule has 0 atom stereocenters. The van der Waals surface area contributed by atoms with Crippen LogP contribution in [0.3, 0.4) is 0 Å². The Morgan fingerprint density at radius 2 is 1.78 bits per heavy atom. The number of anilines is 1. The second-order valence-electron chi connectivity index (χ2n) is 6.10. The van der Waals surface area contributed by atoms with Crippen LogP contribution in [0.2, 0.25) is 5.02 Å². The van der Waals surface area contributed by atoms with Crippen LogP contribution < -0.4 is 10.1 Å². The highest BCUT2D eigenvalue weighted by Gasteiger charge is 2.12. The van der Waals surface area contributed by atoms with Crippen LogP contribution in [-0.2, 0) is 13.2 Å². The molecule has 0 unspecified atom stereocenters. The first-order chi connectivity index (χ1) is 12.9. The minimum absolute atomic E-state index is 0.259. The molecule has 0 aromatic heterocycles. The maximum Gasteiger partial charge on any atom is 0.139 e. The minimum Gasteiger partial charge on any atom is -0.487 e. The molecule has 0 amide bonds.